The summed E-state index contributed by atoms with van der Waals surface area (Å²) in [4.78, 5) is 12.1. The maximum absolute atomic E-state index is 12.1. The van der Waals surface area contributed by atoms with Gasteiger partial charge in [0.25, 0.3) is 0 Å². The van der Waals surface area contributed by atoms with Crippen molar-refractivity contribution < 1.29 is 4.79 Å². The Balaban J connectivity index is 1.88. The molecule has 1 aromatic rings. The largest absolute Gasteiger partial charge is 0.313 e. The monoisotopic (exact) mass is 245 g/mol. The van der Waals surface area contributed by atoms with E-state index in [0.29, 0.717) is 24.2 Å². The lowest BCUT2D eigenvalue weighted by Crippen LogP contribution is -2.36. The van der Waals surface area contributed by atoms with Crippen molar-refractivity contribution in [1.29, 1.82) is 0 Å². The van der Waals surface area contributed by atoms with Crippen LogP contribution in [0.25, 0.3) is 0 Å². The lowest BCUT2D eigenvalue weighted by molar-refractivity contribution is -0.125. The number of carbonyl (C=O) groups excluding carboxylic acids is 1. The van der Waals surface area contributed by atoms with E-state index < -0.39 is 0 Å². The van der Waals surface area contributed by atoms with E-state index in [2.05, 4.69) is 36.5 Å². The van der Waals surface area contributed by atoms with E-state index in [-0.39, 0.29) is 0 Å². The highest BCUT2D eigenvalue weighted by Crippen LogP contribution is 2.28. The fourth-order valence-corrected chi connectivity index (χ4v) is 2.54. The highest BCUT2D eigenvalue weighted by molar-refractivity contribution is 5.82. The second kappa shape index (κ2) is 6.69. The van der Waals surface area contributed by atoms with Gasteiger partial charge in [0.05, 0.1) is 0 Å². The van der Waals surface area contributed by atoms with Crippen LogP contribution >= 0.6 is 0 Å². The Bertz CT molecular complexity index is 370. The molecule has 2 nitrogen and oxygen atoms in total. The van der Waals surface area contributed by atoms with Gasteiger partial charge in [0.15, 0.2) is 0 Å². The second-order valence-corrected chi connectivity index (χ2v) is 5.24. The summed E-state index contributed by atoms with van der Waals surface area (Å²) in [6.07, 6.45) is 5.10. The van der Waals surface area contributed by atoms with E-state index in [9.17, 15) is 4.79 Å². The van der Waals surface area contributed by atoms with Crippen LogP contribution in [0.5, 0.6) is 0 Å². The average Bonchev–Trinajstić information content (AvgIpc) is 2.28. The van der Waals surface area contributed by atoms with Crippen LogP contribution in [0.4, 0.5) is 0 Å². The van der Waals surface area contributed by atoms with Gasteiger partial charge in [-0.3, -0.25) is 4.79 Å². The summed E-state index contributed by atoms with van der Waals surface area (Å²) in [5.41, 5.74) is 1.31. The average molecular weight is 245 g/mol. The Morgan fingerprint density at radius 1 is 1.33 bits per heavy atom. The Morgan fingerprint density at radius 3 is 2.61 bits per heavy atom. The van der Waals surface area contributed by atoms with Crippen LogP contribution in [0.3, 0.4) is 0 Å². The number of rotatable bonds is 7. The summed E-state index contributed by atoms with van der Waals surface area (Å²) in [7, 11) is 0. The highest BCUT2D eigenvalue weighted by atomic mass is 16.1. The van der Waals surface area contributed by atoms with E-state index in [1.807, 2.05) is 6.07 Å². The maximum atomic E-state index is 12.1. The molecule has 1 N–H and O–H groups in total. The van der Waals surface area contributed by atoms with Gasteiger partial charge < -0.3 is 5.32 Å². The third-order valence-corrected chi connectivity index (χ3v) is 3.83. The fourth-order valence-electron chi connectivity index (χ4n) is 2.54. The van der Waals surface area contributed by atoms with Crippen LogP contribution in [0.1, 0.15) is 38.2 Å². The molecule has 2 rings (SSSR count). The molecular weight excluding hydrogens is 222 g/mol. The first-order valence-electron chi connectivity index (χ1n) is 7.09. The number of ketones is 1. The smallest absolute Gasteiger partial charge is 0.137 e. The van der Waals surface area contributed by atoms with Crippen molar-refractivity contribution >= 4 is 5.78 Å². The van der Waals surface area contributed by atoms with Crippen LogP contribution < -0.4 is 5.32 Å². The summed E-state index contributed by atoms with van der Waals surface area (Å²) in [5.74, 6) is 0.824. The highest BCUT2D eigenvalue weighted by Gasteiger charge is 2.26. The molecule has 98 valence electrons. The van der Waals surface area contributed by atoms with Crippen LogP contribution in [0.2, 0.25) is 0 Å². The molecule has 0 aliphatic heterocycles. The van der Waals surface area contributed by atoms with E-state index in [1.54, 1.807) is 0 Å². The first-order valence-corrected chi connectivity index (χ1v) is 7.09. The van der Waals surface area contributed by atoms with Crippen LogP contribution in [0.15, 0.2) is 30.3 Å². The van der Waals surface area contributed by atoms with Gasteiger partial charge in [-0.05, 0) is 31.4 Å². The summed E-state index contributed by atoms with van der Waals surface area (Å²) < 4.78 is 0. The van der Waals surface area contributed by atoms with Gasteiger partial charge in [-0.2, -0.15) is 0 Å². The minimum atomic E-state index is 0.297. The van der Waals surface area contributed by atoms with Crippen molar-refractivity contribution in [1.82, 2.24) is 5.32 Å². The van der Waals surface area contributed by atoms with Crippen molar-refractivity contribution in [3.63, 3.8) is 0 Å². The van der Waals surface area contributed by atoms with Crippen molar-refractivity contribution in [2.45, 2.75) is 45.1 Å². The standard InChI is InChI=1S/C16H23NO/c1-2-17-15(11-13-7-4-3-5-8-13)12-16(18)14-9-6-10-14/h3-5,7-8,14-15,17H,2,6,9-12H2,1H3/t15-/m0/s1. The van der Waals surface area contributed by atoms with Crippen LogP contribution in [0, 0.1) is 5.92 Å². The van der Waals surface area contributed by atoms with E-state index in [0.717, 1.165) is 25.8 Å². The number of carbonyl (C=O) groups is 1. The topological polar surface area (TPSA) is 29.1 Å². The minimum Gasteiger partial charge on any atom is -0.313 e. The summed E-state index contributed by atoms with van der Waals surface area (Å²) >= 11 is 0. The molecule has 0 heterocycles. The molecule has 0 bridgehead atoms. The lowest BCUT2D eigenvalue weighted by atomic mass is 9.80. The quantitative estimate of drug-likeness (QED) is 0.800. The van der Waals surface area contributed by atoms with Gasteiger partial charge in [0, 0.05) is 18.4 Å². The molecule has 0 aromatic heterocycles. The van der Waals surface area contributed by atoms with Crippen molar-refractivity contribution in [2.75, 3.05) is 6.54 Å². The molecule has 1 aromatic carbocycles. The summed E-state index contributed by atoms with van der Waals surface area (Å²) in [5, 5.41) is 3.44. The maximum Gasteiger partial charge on any atom is 0.137 e. The molecule has 1 aliphatic rings. The SMILES string of the molecule is CCN[C@H](CC(=O)C1CCC1)Cc1ccccc1. The van der Waals surface area contributed by atoms with Crippen molar-refractivity contribution in [3.05, 3.63) is 35.9 Å². The molecule has 2 heteroatoms. The second-order valence-electron chi connectivity index (χ2n) is 5.24. The molecule has 1 atom stereocenters. The van der Waals surface area contributed by atoms with E-state index in [1.165, 1.54) is 12.0 Å². The molecule has 1 fully saturated rings. The molecular formula is C16H23NO. The number of nitrogens with one attached hydrogen (secondary N) is 1. The van der Waals surface area contributed by atoms with Crippen LogP contribution in [-0.2, 0) is 11.2 Å². The number of hydrogen-bond donors (Lipinski definition) is 1. The molecule has 0 radical (unpaired) electrons. The zero-order chi connectivity index (χ0) is 12.8. The zero-order valence-corrected chi connectivity index (χ0v) is 11.2. The third-order valence-electron chi connectivity index (χ3n) is 3.83. The van der Waals surface area contributed by atoms with Gasteiger partial charge in [-0.25, -0.2) is 0 Å². The van der Waals surface area contributed by atoms with E-state index >= 15 is 0 Å². The van der Waals surface area contributed by atoms with Gasteiger partial charge in [0.2, 0.25) is 0 Å². The number of Topliss-reactive ketones (excluding diaryl/α,β-unsaturated/α-hetero) is 1. The first-order chi connectivity index (χ1) is 8.79. The number of likely N-dealkylation sites (N-methyl/N-ethyl adjacent to an activating group) is 1. The Kier molecular flexibility index (Phi) is 4.94. The van der Waals surface area contributed by atoms with Gasteiger partial charge in [0.1, 0.15) is 5.78 Å². The number of hydrogen-bond acceptors (Lipinski definition) is 2. The normalized spacial score (nSPS) is 17.2. The van der Waals surface area contributed by atoms with Crippen molar-refractivity contribution in [2.24, 2.45) is 5.92 Å². The Labute approximate surface area is 110 Å². The molecule has 0 amide bonds. The lowest BCUT2D eigenvalue weighted by Gasteiger charge is -2.26. The predicted molar refractivity (Wildman–Crippen MR) is 74.6 cm³/mol. The summed E-state index contributed by atoms with van der Waals surface area (Å²) in [6.45, 7) is 3.03. The van der Waals surface area contributed by atoms with Crippen LogP contribution in [-0.4, -0.2) is 18.4 Å². The molecule has 1 aliphatic carbocycles. The molecule has 0 unspecified atom stereocenters. The molecule has 0 saturated heterocycles. The number of benzene rings is 1. The predicted octanol–water partition coefficient (Wildman–Crippen LogP) is 2.97. The van der Waals surface area contributed by atoms with Gasteiger partial charge >= 0.3 is 0 Å². The summed E-state index contributed by atoms with van der Waals surface area (Å²) in [6, 6.07) is 10.7. The van der Waals surface area contributed by atoms with Gasteiger partial charge in [-0.1, -0.05) is 43.7 Å². The van der Waals surface area contributed by atoms with E-state index in [4.69, 9.17) is 0 Å². The molecule has 18 heavy (non-hydrogen) atoms. The Morgan fingerprint density at radius 2 is 2.06 bits per heavy atom. The zero-order valence-electron chi connectivity index (χ0n) is 11.2. The van der Waals surface area contributed by atoms with Gasteiger partial charge in [-0.15, -0.1) is 0 Å². The first kappa shape index (κ1) is 13.3. The Hall–Kier alpha value is -1.15. The minimum absolute atomic E-state index is 0.297. The molecule has 1 saturated carbocycles. The molecule has 0 spiro atoms. The van der Waals surface area contributed by atoms with Crippen molar-refractivity contribution in [3.8, 4) is 0 Å². The fraction of sp³-hybridized carbons (Fsp3) is 0.562. The third kappa shape index (κ3) is 3.67.